The molecule has 1 saturated heterocycles. The Balaban J connectivity index is 1.68. The second-order valence-electron chi connectivity index (χ2n) is 6.48. The molecule has 1 fully saturated rings. The Morgan fingerprint density at radius 1 is 1.19 bits per heavy atom. The molecule has 1 aromatic rings. The quantitative estimate of drug-likeness (QED) is 0.359. The molecule has 6 heteroatoms. The van der Waals surface area contributed by atoms with Crippen LogP contribution in [0, 0.1) is 0 Å². The highest BCUT2D eigenvalue weighted by Crippen LogP contribution is 2.19. The number of benzene rings is 1. The smallest absolute Gasteiger partial charge is 0.191 e. The number of nitrogens with one attached hydrogen (secondary N) is 2. The molecule has 146 valence electrons. The highest BCUT2D eigenvalue weighted by atomic mass is 16.5. The van der Waals surface area contributed by atoms with Crippen LogP contribution < -0.4 is 15.5 Å². The van der Waals surface area contributed by atoms with E-state index in [9.17, 15) is 0 Å². The number of rotatable bonds is 11. The van der Waals surface area contributed by atoms with Crippen molar-refractivity contribution < 1.29 is 9.47 Å². The van der Waals surface area contributed by atoms with Crippen molar-refractivity contribution in [1.29, 1.82) is 0 Å². The standard InChI is InChI=1S/C20H34N4O2/c1-3-21-20(22-12-7-8-14-26-16-15-25-2)23-18-11-13-24(17-18)19-9-5-4-6-10-19/h4-6,9-10,18H,3,7-8,11-17H2,1-2H3,(H2,21,22,23). The first kappa shape index (κ1) is 20.5. The van der Waals surface area contributed by atoms with Crippen LogP contribution in [0.1, 0.15) is 26.2 Å². The summed E-state index contributed by atoms with van der Waals surface area (Å²) in [6.07, 6.45) is 3.19. The largest absolute Gasteiger partial charge is 0.382 e. The van der Waals surface area contributed by atoms with Crippen molar-refractivity contribution in [1.82, 2.24) is 10.6 Å². The minimum absolute atomic E-state index is 0.436. The molecule has 0 bridgehead atoms. The number of unbranched alkanes of at least 4 members (excludes halogenated alkanes) is 1. The van der Waals surface area contributed by atoms with E-state index in [1.807, 2.05) is 0 Å². The molecule has 1 unspecified atom stereocenters. The monoisotopic (exact) mass is 362 g/mol. The maximum Gasteiger partial charge on any atom is 0.191 e. The Kier molecular flexibility index (Phi) is 9.90. The van der Waals surface area contributed by atoms with Gasteiger partial charge < -0.3 is 25.0 Å². The van der Waals surface area contributed by atoms with E-state index in [0.29, 0.717) is 19.3 Å². The summed E-state index contributed by atoms with van der Waals surface area (Å²) in [7, 11) is 1.69. The lowest BCUT2D eigenvalue weighted by molar-refractivity contribution is 0.0690. The Morgan fingerprint density at radius 2 is 2.04 bits per heavy atom. The van der Waals surface area contributed by atoms with Crippen molar-refractivity contribution >= 4 is 11.6 Å². The first-order chi connectivity index (χ1) is 12.8. The average molecular weight is 363 g/mol. The van der Waals surface area contributed by atoms with Crippen molar-refractivity contribution in [3.05, 3.63) is 30.3 Å². The third-order valence-electron chi connectivity index (χ3n) is 4.39. The van der Waals surface area contributed by atoms with Gasteiger partial charge in [-0.05, 0) is 38.3 Å². The third-order valence-corrected chi connectivity index (χ3v) is 4.39. The van der Waals surface area contributed by atoms with Gasteiger partial charge in [0, 0.05) is 51.6 Å². The van der Waals surface area contributed by atoms with Gasteiger partial charge in [0.15, 0.2) is 5.96 Å². The van der Waals surface area contributed by atoms with Crippen LogP contribution in [0.3, 0.4) is 0 Å². The number of para-hydroxylation sites is 1. The Labute approximate surface area is 158 Å². The summed E-state index contributed by atoms with van der Waals surface area (Å²) in [4.78, 5) is 7.13. The summed E-state index contributed by atoms with van der Waals surface area (Å²) in [6, 6.07) is 11.0. The van der Waals surface area contributed by atoms with Gasteiger partial charge >= 0.3 is 0 Å². The number of aliphatic imine (C=N–C) groups is 1. The lowest BCUT2D eigenvalue weighted by Gasteiger charge is -2.20. The van der Waals surface area contributed by atoms with E-state index in [1.54, 1.807) is 7.11 Å². The van der Waals surface area contributed by atoms with Gasteiger partial charge in [-0.1, -0.05) is 18.2 Å². The van der Waals surface area contributed by atoms with E-state index in [-0.39, 0.29) is 0 Å². The van der Waals surface area contributed by atoms with Gasteiger partial charge in [-0.25, -0.2) is 0 Å². The van der Waals surface area contributed by atoms with Gasteiger partial charge in [-0.15, -0.1) is 0 Å². The van der Waals surface area contributed by atoms with E-state index in [1.165, 1.54) is 5.69 Å². The van der Waals surface area contributed by atoms with Crippen molar-refractivity contribution in [2.45, 2.75) is 32.2 Å². The van der Waals surface area contributed by atoms with E-state index in [0.717, 1.165) is 58.0 Å². The highest BCUT2D eigenvalue weighted by Gasteiger charge is 2.23. The number of nitrogens with zero attached hydrogens (tertiary/aromatic N) is 2. The van der Waals surface area contributed by atoms with Crippen molar-refractivity contribution in [2.75, 3.05) is 58.0 Å². The van der Waals surface area contributed by atoms with Gasteiger partial charge in [0.25, 0.3) is 0 Å². The molecule has 2 N–H and O–H groups in total. The van der Waals surface area contributed by atoms with Crippen LogP contribution >= 0.6 is 0 Å². The Morgan fingerprint density at radius 3 is 2.81 bits per heavy atom. The van der Waals surface area contributed by atoms with Gasteiger partial charge in [0.05, 0.1) is 13.2 Å². The predicted octanol–water partition coefficient (Wildman–Crippen LogP) is 2.26. The topological polar surface area (TPSA) is 58.1 Å². The normalized spacial score (nSPS) is 17.5. The maximum atomic E-state index is 5.48. The van der Waals surface area contributed by atoms with E-state index in [2.05, 4.69) is 52.8 Å². The van der Waals surface area contributed by atoms with E-state index in [4.69, 9.17) is 14.5 Å². The summed E-state index contributed by atoms with van der Waals surface area (Å²) in [5, 5.41) is 6.94. The molecule has 0 amide bonds. The molecule has 1 aliphatic heterocycles. The lowest BCUT2D eigenvalue weighted by atomic mass is 10.2. The second-order valence-corrected chi connectivity index (χ2v) is 6.48. The second kappa shape index (κ2) is 12.5. The Hall–Kier alpha value is -1.79. The third kappa shape index (κ3) is 7.62. The zero-order valence-electron chi connectivity index (χ0n) is 16.2. The minimum Gasteiger partial charge on any atom is -0.382 e. The maximum absolute atomic E-state index is 5.48. The molecule has 1 aromatic carbocycles. The number of hydrogen-bond acceptors (Lipinski definition) is 4. The first-order valence-corrected chi connectivity index (χ1v) is 9.75. The molecule has 2 rings (SSSR count). The van der Waals surface area contributed by atoms with Crippen LogP contribution in [-0.2, 0) is 9.47 Å². The van der Waals surface area contributed by atoms with Crippen molar-refractivity contribution in [3.63, 3.8) is 0 Å². The fourth-order valence-electron chi connectivity index (χ4n) is 3.02. The van der Waals surface area contributed by atoms with E-state index >= 15 is 0 Å². The number of anilines is 1. The summed E-state index contributed by atoms with van der Waals surface area (Å²) < 4.78 is 10.4. The average Bonchev–Trinajstić information content (AvgIpc) is 3.13. The van der Waals surface area contributed by atoms with Crippen LogP contribution in [0.25, 0.3) is 0 Å². The van der Waals surface area contributed by atoms with Crippen LogP contribution in [0.4, 0.5) is 5.69 Å². The fourth-order valence-corrected chi connectivity index (χ4v) is 3.02. The first-order valence-electron chi connectivity index (χ1n) is 9.75. The van der Waals surface area contributed by atoms with E-state index < -0.39 is 0 Å². The fraction of sp³-hybridized carbons (Fsp3) is 0.650. The molecule has 0 aromatic heterocycles. The van der Waals surface area contributed by atoms with Gasteiger partial charge in [0.1, 0.15) is 0 Å². The summed E-state index contributed by atoms with van der Waals surface area (Å²) in [6.45, 7) is 8.00. The number of ether oxygens (including phenoxy) is 2. The minimum atomic E-state index is 0.436. The summed E-state index contributed by atoms with van der Waals surface area (Å²) in [5.74, 6) is 0.924. The molecule has 1 atom stereocenters. The van der Waals surface area contributed by atoms with Crippen molar-refractivity contribution in [2.24, 2.45) is 4.99 Å². The highest BCUT2D eigenvalue weighted by molar-refractivity contribution is 5.80. The molecule has 26 heavy (non-hydrogen) atoms. The summed E-state index contributed by atoms with van der Waals surface area (Å²) >= 11 is 0. The van der Waals surface area contributed by atoms with Gasteiger partial charge in [0.2, 0.25) is 0 Å². The predicted molar refractivity (Wildman–Crippen MR) is 108 cm³/mol. The van der Waals surface area contributed by atoms with Crippen molar-refractivity contribution in [3.8, 4) is 0 Å². The van der Waals surface area contributed by atoms with Gasteiger partial charge in [-0.3, -0.25) is 4.99 Å². The SMILES string of the molecule is CCNC(=NCCCCOCCOC)NC1CCN(c2ccccc2)C1. The number of guanidine groups is 1. The molecule has 0 aliphatic carbocycles. The van der Waals surface area contributed by atoms with Crippen LogP contribution in [0.5, 0.6) is 0 Å². The van der Waals surface area contributed by atoms with Crippen LogP contribution in [0.2, 0.25) is 0 Å². The molecular formula is C20H34N4O2. The number of hydrogen-bond donors (Lipinski definition) is 2. The molecule has 6 nitrogen and oxygen atoms in total. The van der Waals surface area contributed by atoms with Crippen LogP contribution in [-0.4, -0.2) is 65.1 Å². The number of methoxy groups -OCH3 is 1. The molecule has 0 radical (unpaired) electrons. The molecular weight excluding hydrogens is 328 g/mol. The van der Waals surface area contributed by atoms with Gasteiger partial charge in [-0.2, -0.15) is 0 Å². The molecule has 1 heterocycles. The lowest BCUT2D eigenvalue weighted by Crippen LogP contribution is -2.44. The van der Waals surface area contributed by atoms with Crippen LogP contribution in [0.15, 0.2) is 35.3 Å². The summed E-state index contributed by atoms with van der Waals surface area (Å²) in [5.41, 5.74) is 1.30. The molecule has 1 aliphatic rings. The molecule has 0 saturated carbocycles. The zero-order chi connectivity index (χ0) is 18.5. The Bertz CT molecular complexity index is 510. The zero-order valence-corrected chi connectivity index (χ0v) is 16.2. The molecule has 0 spiro atoms.